The molecule has 1 aliphatic heterocycles. The number of aromatic nitrogens is 4. The molecular formula is C13H17N7. The lowest BCUT2D eigenvalue weighted by molar-refractivity contribution is 0.553. The van der Waals surface area contributed by atoms with Crippen LogP contribution in [0.1, 0.15) is 22.6 Å². The van der Waals surface area contributed by atoms with Gasteiger partial charge in [0.05, 0.1) is 17.8 Å². The van der Waals surface area contributed by atoms with Gasteiger partial charge in [0, 0.05) is 25.5 Å². The number of anilines is 1. The highest BCUT2D eigenvalue weighted by Gasteiger charge is 2.23. The van der Waals surface area contributed by atoms with Crippen LogP contribution in [0.25, 0.3) is 0 Å². The SMILES string of the molecule is Cc1nnc(N2CCn3ccnc3C2)c(C(=N)N)c1C. The molecule has 0 unspecified atom stereocenters. The number of nitrogens with two attached hydrogens (primary N) is 1. The van der Waals surface area contributed by atoms with Crippen LogP contribution in [0.5, 0.6) is 0 Å². The van der Waals surface area contributed by atoms with Gasteiger partial charge in [-0.3, -0.25) is 5.41 Å². The summed E-state index contributed by atoms with van der Waals surface area (Å²) < 4.78 is 2.12. The fourth-order valence-corrected chi connectivity index (χ4v) is 2.49. The largest absolute Gasteiger partial charge is 0.384 e. The molecule has 2 aromatic heterocycles. The number of aryl methyl sites for hydroxylation is 1. The number of nitrogens with one attached hydrogen (secondary N) is 1. The van der Waals surface area contributed by atoms with Crippen molar-refractivity contribution < 1.29 is 0 Å². The summed E-state index contributed by atoms with van der Waals surface area (Å²) in [4.78, 5) is 6.42. The molecule has 0 radical (unpaired) electrons. The van der Waals surface area contributed by atoms with Gasteiger partial charge in [-0.1, -0.05) is 0 Å². The molecule has 0 aliphatic carbocycles. The Morgan fingerprint density at radius 1 is 1.30 bits per heavy atom. The third-order valence-corrected chi connectivity index (χ3v) is 3.75. The second-order valence-electron chi connectivity index (χ2n) is 4.98. The monoisotopic (exact) mass is 271 g/mol. The Morgan fingerprint density at radius 2 is 2.10 bits per heavy atom. The molecule has 0 amide bonds. The first kappa shape index (κ1) is 12.6. The molecule has 3 rings (SSSR count). The summed E-state index contributed by atoms with van der Waals surface area (Å²) in [5.74, 6) is 1.70. The van der Waals surface area contributed by atoms with E-state index in [1.807, 2.05) is 20.0 Å². The maximum Gasteiger partial charge on any atom is 0.163 e. The van der Waals surface area contributed by atoms with Crippen LogP contribution in [0, 0.1) is 19.3 Å². The van der Waals surface area contributed by atoms with Crippen molar-refractivity contribution in [3.8, 4) is 0 Å². The molecule has 3 N–H and O–H groups in total. The molecule has 0 spiro atoms. The van der Waals surface area contributed by atoms with Crippen LogP contribution in [-0.2, 0) is 13.1 Å². The quantitative estimate of drug-likeness (QED) is 0.615. The van der Waals surface area contributed by atoms with Crippen LogP contribution < -0.4 is 10.6 Å². The van der Waals surface area contributed by atoms with Gasteiger partial charge in [-0.25, -0.2) is 4.98 Å². The summed E-state index contributed by atoms with van der Waals surface area (Å²) >= 11 is 0. The van der Waals surface area contributed by atoms with E-state index >= 15 is 0 Å². The van der Waals surface area contributed by atoms with Gasteiger partial charge in [0.2, 0.25) is 0 Å². The van der Waals surface area contributed by atoms with Crippen molar-refractivity contribution in [2.45, 2.75) is 26.9 Å². The number of imidazole rings is 1. The van der Waals surface area contributed by atoms with Gasteiger partial charge < -0.3 is 15.2 Å². The Bertz CT molecular complexity index is 673. The lowest BCUT2D eigenvalue weighted by Gasteiger charge is -2.30. The number of rotatable bonds is 2. The van der Waals surface area contributed by atoms with Gasteiger partial charge in [0.25, 0.3) is 0 Å². The maximum atomic E-state index is 7.81. The van der Waals surface area contributed by atoms with Crippen molar-refractivity contribution in [1.82, 2.24) is 19.7 Å². The first-order valence-corrected chi connectivity index (χ1v) is 6.51. The average Bonchev–Trinajstić information content (AvgIpc) is 2.88. The lowest BCUT2D eigenvalue weighted by Crippen LogP contribution is -2.36. The number of nitrogen functional groups attached to an aromatic ring is 1. The fraction of sp³-hybridized carbons (Fsp3) is 0.385. The Hall–Kier alpha value is -2.44. The van der Waals surface area contributed by atoms with Gasteiger partial charge in [0.1, 0.15) is 11.7 Å². The van der Waals surface area contributed by atoms with Crippen LogP contribution in [0.3, 0.4) is 0 Å². The minimum Gasteiger partial charge on any atom is -0.384 e. The summed E-state index contributed by atoms with van der Waals surface area (Å²) in [5, 5.41) is 16.2. The molecular weight excluding hydrogens is 254 g/mol. The van der Waals surface area contributed by atoms with Gasteiger partial charge in [0.15, 0.2) is 5.82 Å². The highest BCUT2D eigenvalue weighted by Crippen LogP contribution is 2.24. The van der Waals surface area contributed by atoms with Crippen LogP contribution in [0.2, 0.25) is 0 Å². The van der Waals surface area contributed by atoms with Crippen molar-refractivity contribution in [2.24, 2.45) is 5.73 Å². The molecule has 7 nitrogen and oxygen atoms in total. The standard InChI is InChI=1S/C13H17N7/c1-8-9(2)17-18-13(11(8)12(14)15)20-6-5-19-4-3-16-10(19)7-20/h3-4H,5-7H2,1-2H3,(H3,14,15). The third kappa shape index (κ3) is 1.91. The van der Waals surface area contributed by atoms with Crippen LogP contribution in [0.15, 0.2) is 12.4 Å². The molecule has 0 saturated carbocycles. The van der Waals surface area contributed by atoms with Gasteiger partial charge >= 0.3 is 0 Å². The van der Waals surface area contributed by atoms with Crippen molar-refractivity contribution in [2.75, 3.05) is 11.4 Å². The predicted octanol–water partition coefficient (Wildman–Crippen LogP) is 0.594. The molecule has 2 aromatic rings. The van der Waals surface area contributed by atoms with Crippen LogP contribution in [-0.4, -0.2) is 32.1 Å². The van der Waals surface area contributed by atoms with E-state index in [1.165, 1.54) is 0 Å². The zero-order valence-electron chi connectivity index (χ0n) is 11.6. The lowest BCUT2D eigenvalue weighted by atomic mass is 10.1. The van der Waals surface area contributed by atoms with Crippen LogP contribution >= 0.6 is 0 Å². The van der Waals surface area contributed by atoms with E-state index in [1.54, 1.807) is 6.20 Å². The predicted molar refractivity (Wildman–Crippen MR) is 75.8 cm³/mol. The molecule has 104 valence electrons. The number of hydrogen-bond donors (Lipinski definition) is 2. The van der Waals surface area contributed by atoms with E-state index in [-0.39, 0.29) is 5.84 Å². The number of nitrogens with zero attached hydrogens (tertiary/aromatic N) is 5. The maximum absolute atomic E-state index is 7.81. The van der Waals surface area contributed by atoms with Crippen molar-refractivity contribution >= 4 is 11.7 Å². The summed E-state index contributed by atoms with van der Waals surface area (Å²) in [7, 11) is 0. The highest BCUT2D eigenvalue weighted by atomic mass is 15.3. The second-order valence-corrected chi connectivity index (χ2v) is 4.98. The zero-order valence-corrected chi connectivity index (χ0v) is 11.6. The zero-order chi connectivity index (χ0) is 14.3. The Kier molecular flexibility index (Phi) is 2.89. The number of fused-ring (bicyclic) bond motifs is 1. The topological polar surface area (TPSA) is 96.7 Å². The number of amidine groups is 1. The first-order valence-electron chi connectivity index (χ1n) is 6.51. The smallest absolute Gasteiger partial charge is 0.163 e. The Labute approximate surface area is 117 Å². The average molecular weight is 271 g/mol. The Morgan fingerprint density at radius 3 is 2.85 bits per heavy atom. The summed E-state index contributed by atoms with van der Waals surface area (Å²) in [6.07, 6.45) is 3.78. The van der Waals surface area contributed by atoms with Crippen LogP contribution in [0.4, 0.5) is 5.82 Å². The van der Waals surface area contributed by atoms with Gasteiger partial charge in [-0.2, -0.15) is 5.10 Å². The Balaban J connectivity index is 2.03. The van der Waals surface area contributed by atoms with E-state index in [0.717, 1.165) is 30.2 Å². The fourth-order valence-electron chi connectivity index (χ4n) is 2.49. The summed E-state index contributed by atoms with van der Waals surface area (Å²) in [6, 6.07) is 0. The van der Waals surface area contributed by atoms with E-state index in [2.05, 4.69) is 24.6 Å². The number of hydrogen-bond acceptors (Lipinski definition) is 5. The molecule has 20 heavy (non-hydrogen) atoms. The first-order chi connectivity index (χ1) is 9.58. The van der Waals surface area contributed by atoms with Crippen molar-refractivity contribution in [3.05, 3.63) is 35.0 Å². The molecule has 0 aromatic carbocycles. The van der Waals surface area contributed by atoms with Crippen molar-refractivity contribution in [3.63, 3.8) is 0 Å². The van der Waals surface area contributed by atoms with E-state index in [9.17, 15) is 0 Å². The minimum absolute atomic E-state index is 0.0319. The second kappa shape index (κ2) is 4.59. The molecule has 0 atom stereocenters. The van der Waals surface area contributed by atoms with Crippen molar-refractivity contribution in [1.29, 1.82) is 5.41 Å². The molecule has 1 aliphatic rings. The molecule has 0 fully saturated rings. The molecule has 0 bridgehead atoms. The highest BCUT2D eigenvalue weighted by molar-refractivity contribution is 6.01. The van der Waals surface area contributed by atoms with Gasteiger partial charge in [-0.05, 0) is 19.4 Å². The summed E-state index contributed by atoms with van der Waals surface area (Å²) in [6.45, 7) is 6.11. The summed E-state index contributed by atoms with van der Waals surface area (Å²) in [5.41, 5.74) is 8.13. The molecule has 0 saturated heterocycles. The van der Waals surface area contributed by atoms with E-state index in [0.29, 0.717) is 17.9 Å². The normalized spacial score (nSPS) is 14.2. The molecule has 7 heteroatoms. The van der Waals surface area contributed by atoms with E-state index < -0.39 is 0 Å². The van der Waals surface area contributed by atoms with E-state index in [4.69, 9.17) is 11.1 Å². The minimum atomic E-state index is 0.0319. The van der Waals surface area contributed by atoms with Gasteiger partial charge in [-0.15, -0.1) is 5.10 Å². The third-order valence-electron chi connectivity index (χ3n) is 3.75. The molecule has 3 heterocycles.